The van der Waals surface area contributed by atoms with Crippen molar-refractivity contribution in [2.24, 2.45) is 0 Å². The Balaban J connectivity index is 0.00000306. The maximum Gasteiger partial charge on any atom is 0.270 e. The van der Waals surface area contributed by atoms with Gasteiger partial charge in [0.1, 0.15) is 12.7 Å². The fourth-order valence-corrected chi connectivity index (χ4v) is 4.23. The predicted molar refractivity (Wildman–Crippen MR) is 124 cm³/mol. The first kappa shape index (κ1) is 25.2. The number of ether oxygens (including phenoxy) is 2. The van der Waals surface area contributed by atoms with Gasteiger partial charge in [0, 0.05) is 43.5 Å². The zero-order valence-electron chi connectivity index (χ0n) is 18.0. The third-order valence-electron chi connectivity index (χ3n) is 5.09. The lowest BCUT2D eigenvalue weighted by Crippen LogP contribution is -2.47. The van der Waals surface area contributed by atoms with Crippen molar-refractivity contribution in [1.29, 1.82) is 0 Å². The van der Waals surface area contributed by atoms with Crippen molar-refractivity contribution in [2.75, 3.05) is 32.6 Å². The van der Waals surface area contributed by atoms with E-state index in [0.29, 0.717) is 28.8 Å². The minimum atomic E-state index is -3.33. The Kier molecular flexibility index (Phi) is 7.52. The number of fused-ring (bicyclic) bond motifs is 1. The van der Waals surface area contributed by atoms with E-state index in [1.807, 2.05) is 0 Å². The van der Waals surface area contributed by atoms with E-state index in [-0.39, 0.29) is 44.7 Å². The normalized spacial score (nSPS) is 17.5. The first-order valence-corrected chi connectivity index (χ1v) is 11.8. The molecule has 12 heteroatoms. The molecule has 3 aromatic rings. The molecule has 1 aliphatic rings. The summed E-state index contributed by atoms with van der Waals surface area (Å²) >= 11 is 0. The third-order valence-corrected chi connectivity index (χ3v) is 6.36. The molecule has 0 spiro atoms. The molecule has 178 valence electrons. The van der Waals surface area contributed by atoms with Crippen molar-refractivity contribution in [3.8, 4) is 17.1 Å². The van der Waals surface area contributed by atoms with Gasteiger partial charge in [-0.2, -0.15) is 17.8 Å². The van der Waals surface area contributed by atoms with Crippen molar-refractivity contribution in [1.82, 2.24) is 19.3 Å². The number of hydrogen-bond donors (Lipinski definition) is 0. The summed E-state index contributed by atoms with van der Waals surface area (Å²) in [6.45, 7) is 1.65. The average Bonchev–Trinajstić information content (AvgIpc) is 2.76. The van der Waals surface area contributed by atoms with Crippen LogP contribution in [0.2, 0.25) is 0 Å². The average molecular weight is 499 g/mol. The molecule has 1 fully saturated rings. The van der Waals surface area contributed by atoms with Crippen LogP contribution in [0, 0.1) is 0 Å². The van der Waals surface area contributed by atoms with Crippen LogP contribution < -0.4 is 4.74 Å². The molecule has 8 nitrogen and oxygen atoms in total. The molecule has 0 N–H and O–H groups in total. The van der Waals surface area contributed by atoms with Crippen LogP contribution in [-0.2, 0) is 20.7 Å². The Morgan fingerprint density at radius 2 is 1.91 bits per heavy atom. The van der Waals surface area contributed by atoms with Crippen LogP contribution in [0.5, 0.6) is 5.88 Å². The molecule has 0 bridgehead atoms. The maximum absolute atomic E-state index is 13.5. The first-order valence-electron chi connectivity index (χ1n) is 9.91. The van der Waals surface area contributed by atoms with Gasteiger partial charge in [-0.25, -0.2) is 27.2 Å². The van der Waals surface area contributed by atoms with Gasteiger partial charge < -0.3 is 9.47 Å². The van der Waals surface area contributed by atoms with Crippen LogP contribution >= 0.6 is 13.5 Å². The summed E-state index contributed by atoms with van der Waals surface area (Å²) in [5, 5.41) is 0. The van der Waals surface area contributed by atoms with Crippen LogP contribution in [0.3, 0.4) is 0 Å². The lowest BCUT2D eigenvalue weighted by molar-refractivity contribution is -0.0252. The summed E-state index contributed by atoms with van der Waals surface area (Å²) in [7, 11) is -3.33. The number of aromatic nitrogens is 3. The first-order chi connectivity index (χ1) is 15.1. The molecule has 33 heavy (non-hydrogen) atoms. The third kappa shape index (κ3) is 5.94. The van der Waals surface area contributed by atoms with E-state index < -0.39 is 22.0 Å². The Labute approximate surface area is 197 Å². The van der Waals surface area contributed by atoms with Gasteiger partial charge in [0.25, 0.3) is 5.92 Å². The van der Waals surface area contributed by atoms with E-state index in [9.17, 15) is 17.2 Å². The summed E-state index contributed by atoms with van der Waals surface area (Å²) < 4.78 is 63.6. The van der Waals surface area contributed by atoms with Crippen molar-refractivity contribution in [2.45, 2.75) is 19.0 Å². The van der Waals surface area contributed by atoms with Gasteiger partial charge in [0.2, 0.25) is 15.9 Å². The van der Waals surface area contributed by atoms with Gasteiger partial charge in [-0.3, -0.25) is 4.98 Å². The largest absolute Gasteiger partial charge is 0.473 e. The zero-order valence-corrected chi connectivity index (χ0v) is 19.8. The molecule has 2 aromatic heterocycles. The number of alkyl halides is 2. The molecule has 1 aliphatic heterocycles. The maximum atomic E-state index is 13.5. The molecule has 4 rings (SSSR count). The molecule has 0 radical (unpaired) electrons. The number of hydrogen-bond acceptors (Lipinski definition) is 7. The molecular weight excluding hydrogens is 474 g/mol. The standard InChI is InChI=1S/C21H22F2N4O4S.H2S/c1-21(22,23)15-5-3-14(4-6-15)17-11-18-19(25-8-7-24-18)20(26-17)31-13-16-12-27(9-10-30-16)32(2,28)29;/h3-8,11,16H,9-10,12-13H2,1-2H3;1H2/t16-;/m0./s1. The number of rotatable bonds is 6. The van der Waals surface area contributed by atoms with Crippen LogP contribution in [0.25, 0.3) is 22.3 Å². The second-order valence-corrected chi connectivity index (χ2v) is 9.61. The Morgan fingerprint density at radius 3 is 2.58 bits per heavy atom. The second-order valence-electron chi connectivity index (χ2n) is 7.63. The van der Waals surface area contributed by atoms with Crippen LogP contribution in [-0.4, -0.2) is 66.3 Å². The highest BCUT2D eigenvalue weighted by Crippen LogP contribution is 2.31. The van der Waals surface area contributed by atoms with Crippen LogP contribution in [0.4, 0.5) is 8.78 Å². The Morgan fingerprint density at radius 1 is 1.21 bits per heavy atom. The molecule has 0 saturated carbocycles. The van der Waals surface area contributed by atoms with E-state index in [4.69, 9.17) is 9.47 Å². The summed E-state index contributed by atoms with van der Waals surface area (Å²) in [5.41, 5.74) is 1.97. The highest BCUT2D eigenvalue weighted by molar-refractivity contribution is 7.88. The highest BCUT2D eigenvalue weighted by atomic mass is 32.2. The number of sulfonamides is 1. The van der Waals surface area contributed by atoms with E-state index in [1.54, 1.807) is 18.2 Å². The van der Waals surface area contributed by atoms with Gasteiger partial charge in [-0.1, -0.05) is 24.3 Å². The second kappa shape index (κ2) is 9.84. The number of halogens is 2. The number of pyridine rings is 1. The topological polar surface area (TPSA) is 94.5 Å². The van der Waals surface area contributed by atoms with Crippen molar-refractivity contribution < 1.29 is 26.7 Å². The summed E-state index contributed by atoms with van der Waals surface area (Å²) in [4.78, 5) is 13.1. The van der Waals surface area contributed by atoms with E-state index in [1.165, 1.54) is 28.8 Å². The number of morpholine rings is 1. The Bertz CT molecular complexity index is 1220. The molecule has 1 aromatic carbocycles. The quantitative estimate of drug-likeness (QED) is 0.516. The van der Waals surface area contributed by atoms with Gasteiger partial charge in [0.05, 0.1) is 24.1 Å². The van der Waals surface area contributed by atoms with Crippen LogP contribution in [0.1, 0.15) is 12.5 Å². The smallest absolute Gasteiger partial charge is 0.270 e. The van der Waals surface area contributed by atoms with Crippen molar-refractivity contribution in [3.05, 3.63) is 48.3 Å². The monoisotopic (exact) mass is 498 g/mol. The number of benzene rings is 1. The van der Waals surface area contributed by atoms with E-state index in [0.717, 1.165) is 13.2 Å². The van der Waals surface area contributed by atoms with Crippen molar-refractivity contribution >= 4 is 34.6 Å². The summed E-state index contributed by atoms with van der Waals surface area (Å²) in [5.74, 6) is -2.73. The van der Waals surface area contributed by atoms with Crippen molar-refractivity contribution in [3.63, 3.8) is 0 Å². The molecule has 0 unspecified atom stereocenters. The zero-order chi connectivity index (χ0) is 22.9. The predicted octanol–water partition coefficient (Wildman–Crippen LogP) is 2.96. The van der Waals surface area contributed by atoms with Crippen LogP contribution in [0.15, 0.2) is 42.7 Å². The minimum absolute atomic E-state index is 0. The van der Waals surface area contributed by atoms with E-state index in [2.05, 4.69) is 15.0 Å². The Hall–Kier alpha value is -2.41. The van der Waals surface area contributed by atoms with Gasteiger partial charge >= 0.3 is 0 Å². The lowest BCUT2D eigenvalue weighted by Gasteiger charge is -2.30. The van der Waals surface area contributed by atoms with Gasteiger partial charge in [-0.15, -0.1) is 0 Å². The lowest BCUT2D eigenvalue weighted by atomic mass is 10.0. The molecule has 1 saturated heterocycles. The SMILES string of the molecule is CC(F)(F)c1ccc(-c2cc3nccnc3c(OC[C@@H]3CN(S(C)(=O)=O)CCO3)n2)cc1.S. The highest BCUT2D eigenvalue weighted by Gasteiger charge is 2.27. The fourth-order valence-electron chi connectivity index (χ4n) is 3.39. The number of nitrogens with zero attached hydrogens (tertiary/aromatic N) is 4. The fraction of sp³-hybridized carbons (Fsp3) is 0.381. The summed E-state index contributed by atoms with van der Waals surface area (Å²) in [6.07, 6.45) is 3.73. The van der Waals surface area contributed by atoms with Gasteiger partial charge in [0.15, 0.2) is 5.52 Å². The molecular formula is C21H24F2N4O4S2. The molecule has 1 atom stereocenters. The summed E-state index contributed by atoms with van der Waals surface area (Å²) in [6, 6.07) is 7.55. The van der Waals surface area contributed by atoms with E-state index >= 15 is 0 Å². The van der Waals surface area contributed by atoms with Gasteiger partial charge in [-0.05, 0) is 6.07 Å². The molecule has 3 heterocycles. The molecule has 0 amide bonds. The molecule has 0 aliphatic carbocycles. The minimum Gasteiger partial charge on any atom is -0.473 e.